The Kier molecular flexibility index (Phi) is 4.50. The van der Waals surface area contributed by atoms with Gasteiger partial charge in [0.05, 0.1) is 23.3 Å². The van der Waals surface area contributed by atoms with Crippen LogP contribution in [0.4, 0.5) is 4.79 Å². The van der Waals surface area contributed by atoms with Crippen molar-refractivity contribution in [2.45, 2.75) is 24.3 Å². The average Bonchev–Trinajstić information content (AvgIpc) is 3.30. The number of fused-ring (bicyclic) bond motifs is 3. The van der Waals surface area contributed by atoms with Crippen LogP contribution in [0.1, 0.15) is 35.6 Å². The summed E-state index contributed by atoms with van der Waals surface area (Å²) in [6.45, 7) is 0.196. The number of benzene rings is 2. The second-order valence-corrected chi connectivity index (χ2v) is 8.22. The molecule has 3 aromatic rings. The van der Waals surface area contributed by atoms with Crippen LogP contribution in [-0.2, 0) is 22.1 Å². The molecule has 1 saturated carbocycles. The Morgan fingerprint density at radius 1 is 1.13 bits per heavy atom. The van der Waals surface area contributed by atoms with Gasteiger partial charge < -0.3 is 15.2 Å². The molecule has 2 aliphatic carbocycles. The SMILES string of the molecule is Cn1nncc1C1(NC(=O)OCC2c3ccccc3-c3ccccc32)CC(C(=O)O)C1. The van der Waals surface area contributed by atoms with Crippen molar-refractivity contribution in [2.75, 3.05) is 6.61 Å². The molecule has 31 heavy (non-hydrogen) atoms. The van der Waals surface area contributed by atoms with Crippen molar-refractivity contribution in [3.8, 4) is 11.1 Å². The molecule has 1 heterocycles. The standard InChI is InChI=1S/C23H22N4O4/c1-27-20(12-24-26-27)23(10-14(11-23)21(28)29)25-22(30)31-13-19-17-8-4-2-6-15(17)16-7-3-5-9-18(16)19/h2-9,12,14,19H,10-11,13H2,1H3,(H,25,30)(H,28,29). The summed E-state index contributed by atoms with van der Waals surface area (Å²) in [5, 5.41) is 20.0. The van der Waals surface area contributed by atoms with Crippen LogP contribution >= 0.6 is 0 Å². The lowest BCUT2D eigenvalue weighted by Crippen LogP contribution is -2.57. The molecule has 0 unspecified atom stereocenters. The number of hydrogen-bond donors (Lipinski definition) is 2. The Bertz CT molecular complexity index is 1120. The van der Waals surface area contributed by atoms with Crippen molar-refractivity contribution >= 4 is 12.1 Å². The molecule has 1 amide bonds. The fourth-order valence-electron chi connectivity index (χ4n) is 4.88. The number of carbonyl (C=O) groups is 2. The zero-order chi connectivity index (χ0) is 21.6. The van der Waals surface area contributed by atoms with Gasteiger partial charge in [-0.15, -0.1) is 5.10 Å². The average molecular weight is 418 g/mol. The number of aromatic nitrogens is 3. The van der Waals surface area contributed by atoms with Gasteiger partial charge in [-0.3, -0.25) is 9.48 Å². The third-order valence-corrected chi connectivity index (χ3v) is 6.43. The second-order valence-electron chi connectivity index (χ2n) is 8.22. The van der Waals surface area contributed by atoms with Crippen LogP contribution in [0.15, 0.2) is 54.7 Å². The predicted molar refractivity (Wildman–Crippen MR) is 111 cm³/mol. The van der Waals surface area contributed by atoms with Crippen molar-refractivity contribution in [1.82, 2.24) is 20.3 Å². The molecule has 0 atom stereocenters. The molecule has 0 spiro atoms. The minimum Gasteiger partial charge on any atom is -0.481 e. The lowest BCUT2D eigenvalue weighted by molar-refractivity contribution is -0.148. The molecular formula is C23H22N4O4. The molecular weight excluding hydrogens is 396 g/mol. The van der Waals surface area contributed by atoms with Gasteiger partial charge in [0.2, 0.25) is 0 Å². The van der Waals surface area contributed by atoms with E-state index in [1.807, 2.05) is 24.3 Å². The van der Waals surface area contributed by atoms with Gasteiger partial charge in [0.15, 0.2) is 0 Å². The van der Waals surface area contributed by atoms with E-state index in [-0.39, 0.29) is 25.4 Å². The Morgan fingerprint density at radius 2 is 1.74 bits per heavy atom. The number of aliphatic carboxylic acids is 1. The van der Waals surface area contributed by atoms with E-state index < -0.39 is 23.5 Å². The predicted octanol–water partition coefficient (Wildman–Crippen LogP) is 3.04. The first-order chi connectivity index (χ1) is 15.0. The number of aryl methyl sites for hydroxylation is 1. The van der Waals surface area contributed by atoms with E-state index in [1.54, 1.807) is 17.9 Å². The molecule has 0 aliphatic heterocycles. The highest BCUT2D eigenvalue weighted by atomic mass is 16.5. The number of nitrogens with zero attached hydrogens (tertiary/aromatic N) is 3. The van der Waals surface area contributed by atoms with Crippen LogP contribution in [0.3, 0.4) is 0 Å². The highest BCUT2D eigenvalue weighted by molar-refractivity contribution is 5.79. The van der Waals surface area contributed by atoms with Gasteiger partial charge in [0.1, 0.15) is 6.61 Å². The normalized spacial score (nSPS) is 21.6. The minimum atomic E-state index is -0.875. The molecule has 2 N–H and O–H groups in total. The number of hydrogen-bond acceptors (Lipinski definition) is 5. The van der Waals surface area contributed by atoms with Crippen molar-refractivity contribution in [2.24, 2.45) is 13.0 Å². The summed E-state index contributed by atoms with van der Waals surface area (Å²) in [4.78, 5) is 24.1. The van der Waals surface area contributed by atoms with Crippen LogP contribution in [0.2, 0.25) is 0 Å². The lowest BCUT2D eigenvalue weighted by Gasteiger charge is -2.45. The lowest BCUT2D eigenvalue weighted by atomic mass is 9.66. The summed E-state index contributed by atoms with van der Waals surface area (Å²) in [6.07, 6.45) is 1.52. The van der Waals surface area contributed by atoms with Crippen LogP contribution in [0.5, 0.6) is 0 Å². The summed E-state index contributed by atoms with van der Waals surface area (Å²) in [7, 11) is 1.72. The highest BCUT2D eigenvalue weighted by Gasteiger charge is 2.52. The van der Waals surface area contributed by atoms with Crippen LogP contribution in [0, 0.1) is 5.92 Å². The number of ether oxygens (including phenoxy) is 1. The molecule has 8 heteroatoms. The Labute approximate surface area is 178 Å². The van der Waals surface area contributed by atoms with E-state index in [1.165, 1.54) is 0 Å². The topological polar surface area (TPSA) is 106 Å². The Morgan fingerprint density at radius 3 is 2.29 bits per heavy atom. The van der Waals surface area contributed by atoms with Gasteiger partial charge in [0, 0.05) is 13.0 Å². The maximum Gasteiger partial charge on any atom is 0.407 e. The van der Waals surface area contributed by atoms with Crippen LogP contribution < -0.4 is 5.32 Å². The van der Waals surface area contributed by atoms with Gasteiger partial charge in [-0.1, -0.05) is 53.7 Å². The van der Waals surface area contributed by atoms with Gasteiger partial charge in [0.25, 0.3) is 0 Å². The van der Waals surface area contributed by atoms with Crippen molar-refractivity contribution in [1.29, 1.82) is 0 Å². The van der Waals surface area contributed by atoms with E-state index >= 15 is 0 Å². The molecule has 1 aromatic heterocycles. The smallest absolute Gasteiger partial charge is 0.407 e. The number of carboxylic acid groups (broad SMARTS) is 1. The zero-order valence-electron chi connectivity index (χ0n) is 17.0. The quantitative estimate of drug-likeness (QED) is 0.660. The van der Waals surface area contributed by atoms with Crippen molar-refractivity contribution < 1.29 is 19.4 Å². The maximum absolute atomic E-state index is 12.8. The summed E-state index contributed by atoms with van der Waals surface area (Å²) >= 11 is 0. The number of alkyl carbamates (subject to hydrolysis) is 1. The van der Waals surface area contributed by atoms with Gasteiger partial charge in [-0.05, 0) is 35.1 Å². The molecule has 0 bridgehead atoms. The summed E-state index contributed by atoms with van der Waals surface area (Å²) < 4.78 is 7.21. The van der Waals surface area contributed by atoms with Gasteiger partial charge in [-0.25, -0.2) is 4.79 Å². The first-order valence-corrected chi connectivity index (χ1v) is 10.2. The summed E-state index contributed by atoms with van der Waals surface area (Å²) in [6, 6.07) is 16.3. The third-order valence-electron chi connectivity index (χ3n) is 6.43. The summed E-state index contributed by atoms with van der Waals surface area (Å²) in [5.41, 5.74) is 4.41. The van der Waals surface area contributed by atoms with E-state index in [0.717, 1.165) is 22.3 Å². The van der Waals surface area contributed by atoms with Crippen LogP contribution in [-0.4, -0.2) is 38.8 Å². The third kappa shape index (κ3) is 3.15. The van der Waals surface area contributed by atoms with Crippen molar-refractivity contribution in [3.63, 3.8) is 0 Å². The van der Waals surface area contributed by atoms with E-state index in [4.69, 9.17) is 4.74 Å². The molecule has 158 valence electrons. The zero-order valence-corrected chi connectivity index (χ0v) is 17.0. The first kappa shape index (κ1) is 19.3. The molecule has 1 fully saturated rings. The molecule has 0 radical (unpaired) electrons. The minimum absolute atomic E-state index is 0.0411. The number of amides is 1. The van der Waals surface area contributed by atoms with E-state index in [0.29, 0.717) is 5.69 Å². The molecule has 2 aromatic carbocycles. The fourth-order valence-corrected chi connectivity index (χ4v) is 4.88. The Hall–Kier alpha value is -3.68. The maximum atomic E-state index is 12.8. The second kappa shape index (κ2) is 7.23. The van der Waals surface area contributed by atoms with Crippen LogP contribution in [0.25, 0.3) is 11.1 Å². The van der Waals surface area contributed by atoms with E-state index in [2.05, 4.69) is 39.9 Å². The first-order valence-electron chi connectivity index (χ1n) is 10.2. The molecule has 0 saturated heterocycles. The largest absolute Gasteiger partial charge is 0.481 e. The molecule has 2 aliphatic rings. The van der Waals surface area contributed by atoms with Gasteiger partial charge >= 0.3 is 12.1 Å². The fraction of sp³-hybridized carbons (Fsp3) is 0.304. The van der Waals surface area contributed by atoms with E-state index in [9.17, 15) is 14.7 Å². The summed E-state index contributed by atoms with van der Waals surface area (Å²) in [5.74, 6) is -1.44. The molecule has 5 rings (SSSR count). The monoisotopic (exact) mass is 418 g/mol. The number of carbonyl (C=O) groups excluding carboxylic acids is 1. The molecule has 8 nitrogen and oxygen atoms in total. The highest BCUT2D eigenvalue weighted by Crippen LogP contribution is 2.46. The Balaban J connectivity index is 1.33. The van der Waals surface area contributed by atoms with Gasteiger partial charge in [-0.2, -0.15) is 0 Å². The number of rotatable bonds is 5. The van der Waals surface area contributed by atoms with Crippen molar-refractivity contribution in [3.05, 3.63) is 71.5 Å². The number of carboxylic acids is 1. The number of nitrogens with one attached hydrogen (secondary N) is 1.